The van der Waals surface area contributed by atoms with Crippen LogP contribution >= 0.6 is 0 Å². The van der Waals surface area contributed by atoms with Crippen LogP contribution in [0.3, 0.4) is 0 Å². The first-order valence-corrected chi connectivity index (χ1v) is 6.75. The summed E-state index contributed by atoms with van der Waals surface area (Å²) in [5, 5.41) is 3.51. The Hall–Kier alpha value is -1.02. The second-order valence-corrected chi connectivity index (χ2v) is 4.28. The lowest BCUT2D eigenvalue weighted by Crippen LogP contribution is -2.28. The predicted octanol–water partition coefficient (Wildman–Crippen LogP) is 3.41. The highest BCUT2D eigenvalue weighted by Crippen LogP contribution is 2.14. The quantitative estimate of drug-likeness (QED) is 0.745. The molecule has 2 nitrogen and oxygen atoms in total. The summed E-state index contributed by atoms with van der Waals surface area (Å²) in [7, 11) is 0. The van der Waals surface area contributed by atoms with Crippen LogP contribution in [0.4, 0.5) is 0 Å². The molecule has 0 spiro atoms. The first kappa shape index (κ1) is 14.0. The Morgan fingerprint density at radius 2 is 1.82 bits per heavy atom. The fraction of sp³-hybridized carbons (Fsp3) is 0.600. The summed E-state index contributed by atoms with van der Waals surface area (Å²) in [6, 6.07) is 9.11. The van der Waals surface area contributed by atoms with E-state index in [0.717, 1.165) is 25.3 Å². The molecule has 0 radical (unpaired) electrons. The molecule has 1 unspecified atom stereocenters. The molecule has 1 atom stereocenters. The zero-order valence-electron chi connectivity index (χ0n) is 11.3. The summed E-state index contributed by atoms with van der Waals surface area (Å²) in [6.07, 6.45) is 3.54. The van der Waals surface area contributed by atoms with Crippen LogP contribution in [0.1, 0.15) is 39.2 Å². The third kappa shape index (κ3) is 5.22. The smallest absolute Gasteiger partial charge is 0.119 e. The minimum absolute atomic E-state index is 0.645. The third-order valence-electron chi connectivity index (χ3n) is 3.00. The van der Waals surface area contributed by atoms with Crippen molar-refractivity contribution in [2.24, 2.45) is 0 Å². The number of ether oxygens (including phenoxy) is 1. The largest absolute Gasteiger partial charge is 0.494 e. The molecule has 1 rings (SSSR count). The maximum atomic E-state index is 5.43. The van der Waals surface area contributed by atoms with E-state index < -0.39 is 0 Å². The standard InChI is InChI=1S/C15H25NO/c1-4-14(16-5-2)10-7-13-8-11-15(12-9-13)17-6-3/h8-9,11-12,14,16H,4-7,10H2,1-3H3. The zero-order chi connectivity index (χ0) is 12.5. The van der Waals surface area contributed by atoms with Gasteiger partial charge in [-0.3, -0.25) is 0 Å². The molecule has 0 aliphatic heterocycles. The average Bonchev–Trinajstić information content (AvgIpc) is 2.36. The fourth-order valence-corrected chi connectivity index (χ4v) is 2.00. The van der Waals surface area contributed by atoms with Crippen molar-refractivity contribution in [3.8, 4) is 5.75 Å². The molecule has 0 aromatic heterocycles. The Kier molecular flexibility index (Phi) is 6.71. The molecule has 0 saturated heterocycles. The second kappa shape index (κ2) is 8.13. The van der Waals surface area contributed by atoms with Gasteiger partial charge in [-0.2, -0.15) is 0 Å². The Labute approximate surface area is 105 Å². The lowest BCUT2D eigenvalue weighted by Gasteiger charge is -2.15. The first-order chi connectivity index (χ1) is 8.30. The second-order valence-electron chi connectivity index (χ2n) is 4.28. The number of hydrogen-bond donors (Lipinski definition) is 1. The minimum Gasteiger partial charge on any atom is -0.494 e. The Balaban J connectivity index is 2.40. The van der Waals surface area contributed by atoms with Gasteiger partial charge < -0.3 is 10.1 Å². The van der Waals surface area contributed by atoms with Gasteiger partial charge in [0.05, 0.1) is 6.61 Å². The summed E-state index contributed by atoms with van der Waals surface area (Å²) in [4.78, 5) is 0. The molecule has 2 heteroatoms. The highest BCUT2D eigenvalue weighted by molar-refractivity contribution is 5.27. The van der Waals surface area contributed by atoms with Crippen LogP contribution in [-0.2, 0) is 6.42 Å². The van der Waals surface area contributed by atoms with Crippen LogP contribution in [0.25, 0.3) is 0 Å². The van der Waals surface area contributed by atoms with Gasteiger partial charge in [0.15, 0.2) is 0 Å². The molecule has 1 N–H and O–H groups in total. The van der Waals surface area contributed by atoms with Crippen LogP contribution < -0.4 is 10.1 Å². The number of nitrogens with one attached hydrogen (secondary N) is 1. The van der Waals surface area contributed by atoms with E-state index in [1.54, 1.807) is 0 Å². The van der Waals surface area contributed by atoms with Gasteiger partial charge in [0.25, 0.3) is 0 Å². The number of rotatable bonds is 8. The number of benzene rings is 1. The lowest BCUT2D eigenvalue weighted by molar-refractivity contribution is 0.340. The van der Waals surface area contributed by atoms with E-state index in [9.17, 15) is 0 Å². The maximum Gasteiger partial charge on any atom is 0.119 e. The van der Waals surface area contributed by atoms with Gasteiger partial charge in [-0.25, -0.2) is 0 Å². The molecule has 0 saturated carbocycles. The van der Waals surface area contributed by atoms with Crippen molar-refractivity contribution in [1.82, 2.24) is 5.32 Å². The van der Waals surface area contributed by atoms with Crippen molar-refractivity contribution in [2.75, 3.05) is 13.2 Å². The van der Waals surface area contributed by atoms with E-state index in [0.29, 0.717) is 6.04 Å². The summed E-state index contributed by atoms with van der Waals surface area (Å²) in [6.45, 7) is 8.21. The molecule has 0 bridgehead atoms. The van der Waals surface area contributed by atoms with Gasteiger partial charge in [-0.05, 0) is 50.4 Å². The van der Waals surface area contributed by atoms with E-state index in [1.165, 1.54) is 18.4 Å². The van der Waals surface area contributed by atoms with Gasteiger partial charge in [-0.15, -0.1) is 0 Å². The molecular formula is C15H25NO. The minimum atomic E-state index is 0.645. The molecule has 17 heavy (non-hydrogen) atoms. The van der Waals surface area contributed by atoms with Crippen LogP contribution in [0, 0.1) is 0 Å². The topological polar surface area (TPSA) is 21.3 Å². The maximum absolute atomic E-state index is 5.43. The Morgan fingerprint density at radius 1 is 1.12 bits per heavy atom. The highest BCUT2D eigenvalue weighted by Gasteiger charge is 2.04. The van der Waals surface area contributed by atoms with Crippen LogP contribution in [0.15, 0.2) is 24.3 Å². The van der Waals surface area contributed by atoms with Gasteiger partial charge in [0.2, 0.25) is 0 Å². The van der Waals surface area contributed by atoms with Crippen molar-refractivity contribution in [2.45, 2.75) is 46.1 Å². The molecular weight excluding hydrogens is 210 g/mol. The Bertz CT molecular complexity index is 294. The number of aryl methyl sites for hydroxylation is 1. The van der Waals surface area contributed by atoms with Gasteiger partial charge in [0, 0.05) is 6.04 Å². The van der Waals surface area contributed by atoms with Crippen molar-refractivity contribution < 1.29 is 4.74 Å². The fourth-order valence-electron chi connectivity index (χ4n) is 2.00. The summed E-state index contributed by atoms with van der Waals surface area (Å²) < 4.78 is 5.43. The molecule has 0 aliphatic carbocycles. The summed E-state index contributed by atoms with van der Waals surface area (Å²) in [5.74, 6) is 0.968. The van der Waals surface area contributed by atoms with E-state index in [-0.39, 0.29) is 0 Å². The summed E-state index contributed by atoms with van der Waals surface area (Å²) in [5.41, 5.74) is 1.39. The van der Waals surface area contributed by atoms with E-state index in [4.69, 9.17) is 4.74 Å². The Morgan fingerprint density at radius 3 is 2.35 bits per heavy atom. The molecule has 0 amide bonds. The van der Waals surface area contributed by atoms with E-state index in [2.05, 4.69) is 43.4 Å². The SMILES string of the molecule is CCNC(CC)CCc1ccc(OCC)cc1. The summed E-state index contributed by atoms with van der Waals surface area (Å²) >= 11 is 0. The van der Waals surface area contributed by atoms with Crippen molar-refractivity contribution >= 4 is 0 Å². The molecule has 0 heterocycles. The van der Waals surface area contributed by atoms with Crippen LogP contribution in [0.2, 0.25) is 0 Å². The van der Waals surface area contributed by atoms with Crippen molar-refractivity contribution in [3.05, 3.63) is 29.8 Å². The molecule has 1 aromatic carbocycles. The molecule has 96 valence electrons. The monoisotopic (exact) mass is 235 g/mol. The average molecular weight is 235 g/mol. The van der Waals surface area contributed by atoms with Crippen LogP contribution in [0.5, 0.6) is 5.75 Å². The van der Waals surface area contributed by atoms with Gasteiger partial charge >= 0.3 is 0 Å². The van der Waals surface area contributed by atoms with Crippen molar-refractivity contribution in [1.29, 1.82) is 0 Å². The van der Waals surface area contributed by atoms with E-state index in [1.807, 2.05) is 6.92 Å². The third-order valence-corrected chi connectivity index (χ3v) is 3.00. The first-order valence-electron chi connectivity index (χ1n) is 6.75. The van der Waals surface area contributed by atoms with Crippen LogP contribution in [-0.4, -0.2) is 19.2 Å². The molecule has 1 aromatic rings. The number of hydrogen-bond acceptors (Lipinski definition) is 2. The molecule has 0 aliphatic rings. The zero-order valence-corrected chi connectivity index (χ0v) is 11.3. The predicted molar refractivity (Wildman–Crippen MR) is 73.7 cm³/mol. The lowest BCUT2D eigenvalue weighted by atomic mass is 10.0. The molecule has 0 fully saturated rings. The highest BCUT2D eigenvalue weighted by atomic mass is 16.5. The normalized spacial score (nSPS) is 12.4. The van der Waals surface area contributed by atoms with Gasteiger partial charge in [-0.1, -0.05) is 26.0 Å². The van der Waals surface area contributed by atoms with Crippen molar-refractivity contribution in [3.63, 3.8) is 0 Å². The van der Waals surface area contributed by atoms with Gasteiger partial charge in [0.1, 0.15) is 5.75 Å². The van der Waals surface area contributed by atoms with E-state index >= 15 is 0 Å².